The molecule has 0 aliphatic carbocycles. The molecule has 0 unspecified atom stereocenters. The molecule has 4 rings (SSSR count). The summed E-state index contributed by atoms with van der Waals surface area (Å²) in [7, 11) is 1.49. The van der Waals surface area contributed by atoms with Gasteiger partial charge in [0.25, 0.3) is 5.56 Å². The third-order valence-electron chi connectivity index (χ3n) is 4.56. The van der Waals surface area contributed by atoms with Gasteiger partial charge in [0.15, 0.2) is 11.6 Å². The molecule has 1 N–H and O–H groups in total. The second kappa shape index (κ2) is 6.56. The van der Waals surface area contributed by atoms with Crippen molar-refractivity contribution < 1.29 is 13.2 Å². The average molecular weight is 384 g/mol. The average Bonchev–Trinajstić information content (AvgIpc) is 3.06. The van der Waals surface area contributed by atoms with Crippen LogP contribution in [0.25, 0.3) is 16.7 Å². The molecule has 0 radical (unpaired) electrons. The molecule has 142 valence electrons. The van der Waals surface area contributed by atoms with Crippen molar-refractivity contribution >= 4 is 22.4 Å². The van der Waals surface area contributed by atoms with Gasteiger partial charge in [-0.25, -0.2) is 17.9 Å². The highest BCUT2D eigenvalue weighted by atomic mass is 19.1. The number of hydrogen-bond acceptors (Lipinski definition) is 3. The summed E-state index contributed by atoms with van der Waals surface area (Å²) >= 11 is 0. The lowest BCUT2D eigenvalue weighted by Crippen LogP contribution is -2.19. The summed E-state index contributed by atoms with van der Waals surface area (Å²) in [6.07, 6.45) is 1.42. The molecule has 0 saturated carbocycles. The predicted molar refractivity (Wildman–Crippen MR) is 101 cm³/mol. The van der Waals surface area contributed by atoms with Crippen LogP contribution in [0.1, 0.15) is 5.56 Å². The molecule has 0 aliphatic rings. The van der Waals surface area contributed by atoms with Gasteiger partial charge in [0.1, 0.15) is 17.2 Å². The van der Waals surface area contributed by atoms with Crippen LogP contribution in [0.4, 0.5) is 24.5 Å². The standard InChI is InChI=1S/C20H15F3N4O/c1-11-8-12(21)6-7-16(11)25-17-9-18(28)26(2)20-13(17)10-24-27(20)19-14(22)4-3-5-15(19)23/h3-10,25H,1-2H3. The second-order valence-electron chi connectivity index (χ2n) is 6.40. The SMILES string of the molecule is Cc1cc(F)ccc1Nc1cc(=O)n(C)c2c1cnn2-c1c(F)cccc1F. The minimum absolute atomic E-state index is 0.221. The number of para-hydroxylation sites is 1. The summed E-state index contributed by atoms with van der Waals surface area (Å²) in [5.74, 6) is -1.98. The molecule has 0 aliphatic heterocycles. The maximum absolute atomic E-state index is 14.3. The van der Waals surface area contributed by atoms with Gasteiger partial charge in [0.05, 0.1) is 17.3 Å². The fourth-order valence-electron chi connectivity index (χ4n) is 3.13. The van der Waals surface area contributed by atoms with Crippen LogP contribution in [0.5, 0.6) is 0 Å². The van der Waals surface area contributed by atoms with Crippen LogP contribution in [-0.4, -0.2) is 14.3 Å². The predicted octanol–water partition coefficient (Wildman–Crippen LogP) is 4.19. The Bertz CT molecular complexity index is 1260. The summed E-state index contributed by atoms with van der Waals surface area (Å²) in [4.78, 5) is 12.5. The van der Waals surface area contributed by atoms with Gasteiger partial charge < -0.3 is 5.32 Å². The fraction of sp³-hybridized carbons (Fsp3) is 0.100. The molecule has 8 heteroatoms. The van der Waals surface area contributed by atoms with E-state index in [1.54, 1.807) is 13.0 Å². The van der Waals surface area contributed by atoms with E-state index in [1.165, 1.54) is 42.1 Å². The van der Waals surface area contributed by atoms with E-state index < -0.39 is 17.2 Å². The Balaban J connectivity index is 1.95. The molecule has 0 amide bonds. The number of hydrogen-bond donors (Lipinski definition) is 1. The minimum Gasteiger partial charge on any atom is -0.354 e. The number of aryl methyl sites for hydroxylation is 2. The molecule has 2 aromatic carbocycles. The number of halogens is 3. The maximum Gasteiger partial charge on any atom is 0.254 e. The summed E-state index contributed by atoms with van der Waals surface area (Å²) < 4.78 is 44.2. The number of rotatable bonds is 3. The van der Waals surface area contributed by atoms with E-state index in [0.717, 1.165) is 16.8 Å². The molecular formula is C20H15F3N4O. The molecule has 0 spiro atoms. The number of nitrogens with one attached hydrogen (secondary N) is 1. The Morgan fingerprint density at radius 1 is 1.00 bits per heavy atom. The van der Waals surface area contributed by atoms with Gasteiger partial charge in [-0.3, -0.25) is 9.36 Å². The van der Waals surface area contributed by atoms with Gasteiger partial charge in [0, 0.05) is 18.8 Å². The highest BCUT2D eigenvalue weighted by Crippen LogP contribution is 2.29. The minimum atomic E-state index is -0.801. The zero-order valence-corrected chi connectivity index (χ0v) is 15.0. The van der Waals surface area contributed by atoms with Crippen LogP contribution in [0, 0.1) is 24.4 Å². The van der Waals surface area contributed by atoms with Gasteiger partial charge >= 0.3 is 0 Å². The Kier molecular flexibility index (Phi) is 4.18. The van der Waals surface area contributed by atoms with Crippen molar-refractivity contribution in [3.63, 3.8) is 0 Å². The monoisotopic (exact) mass is 384 g/mol. The van der Waals surface area contributed by atoms with E-state index in [2.05, 4.69) is 10.4 Å². The molecule has 5 nitrogen and oxygen atoms in total. The van der Waals surface area contributed by atoms with E-state index in [0.29, 0.717) is 22.3 Å². The van der Waals surface area contributed by atoms with Crippen LogP contribution >= 0.6 is 0 Å². The highest BCUT2D eigenvalue weighted by Gasteiger charge is 2.19. The normalized spacial score (nSPS) is 11.2. The first kappa shape index (κ1) is 17.8. The second-order valence-corrected chi connectivity index (χ2v) is 6.40. The summed E-state index contributed by atoms with van der Waals surface area (Å²) in [5, 5.41) is 7.67. The lowest BCUT2D eigenvalue weighted by Gasteiger charge is -2.13. The third-order valence-corrected chi connectivity index (χ3v) is 4.56. The molecule has 0 bridgehead atoms. The smallest absolute Gasteiger partial charge is 0.254 e. The van der Waals surface area contributed by atoms with Crippen molar-refractivity contribution in [1.29, 1.82) is 0 Å². The first-order valence-electron chi connectivity index (χ1n) is 8.42. The zero-order valence-electron chi connectivity index (χ0n) is 15.0. The van der Waals surface area contributed by atoms with Crippen molar-refractivity contribution in [2.24, 2.45) is 7.05 Å². The maximum atomic E-state index is 14.3. The van der Waals surface area contributed by atoms with Crippen molar-refractivity contribution in [2.45, 2.75) is 6.92 Å². The van der Waals surface area contributed by atoms with Gasteiger partial charge in [-0.15, -0.1) is 0 Å². The van der Waals surface area contributed by atoms with E-state index >= 15 is 0 Å². The Hall–Kier alpha value is -3.55. The quantitative estimate of drug-likeness (QED) is 0.576. The summed E-state index contributed by atoms with van der Waals surface area (Å²) in [6.45, 7) is 1.72. The number of benzene rings is 2. The van der Waals surface area contributed by atoms with Crippen LogP contribution in [0.3, 0.4) is 0 Å². The molecule has 28 heavy (non-hydrogen) atoms. The van der Waals surface area contributed by atoms with Crippen molar-refractivity contribution in [3.8, 4) is 5.69 Å². The highest BCUT2D eigenvalue weighted by molar-refractivity contribution is 5.92. The number of fused-ring (bicyclic) bond motifs is 1. The van der Waals surface area contributed by atoms with Gasteiger partial charge in [-0.2, -0.15) is 5.10 Å². The number of aromatic nitrogens is 3. The number of nitrogens with zero attached hydrogens (tertiary/aromatic N) is 3. The fourth-order valence-corrected chi connectivity index (χ4v) is 3.13. The third kappa shape index (κ3) is 2.83. The lowest BCUT2D eigenvalue weighted by molar-refractivity contribution is 0.561. The molecule has 2 heterocycles. The zero-order chi connectivity index (χ0) is 20.0. The lowest BCUT2D eigenvalue weighted by atomic mass is 10.2. The van der Waals surface area contributed by atoms with Crippen molar-refractivity contribution in [2.75, 3.05) is 5.32 Å². The van der Waals surface area contributed by atoms with Crippen LogP contribution in [0.2, 0.25) is 0 Å². The van der Waals surface area contributed by atoms with Crippen LogP contribution in [-0.2, 0) is 7.05 Å². The van der Waals surface area contributed by atoms with Crippen molar-refractivity contribution in [1.82, 2.24) is 14.3 Å². The molecular weight excluding hydrogens is 369 g/mol. The van der Waals surface area contributed by atoms with Gasteiger partial charge in [-0.05, 0) is 42.8 Å². The van der Waals surface area contributed by atoms with Crippen LogP contribution in [0.15, 0.2) is 53.5 Å². The van der Waals surface area contributed by atoms with E-state index in [9.17, 15) is 18.0 Å². The van der Waals surface area contributed by atoms with Crippen LogP contribution < -0.4 is 10.9 Å². The molecule has 0 saturated heterocycles. The summed E-state index contributed by atoms with van der Waals surface area (Å²) in [5.41, 5.74) is 1.09. The topological polar surface area (TPSA) is 51.9 Å². The number of pyridine rings is 1. The Morgan fingerprint density at radius 2 is 1.71 bits per heavy atom. The Morgan fingerprint density at radius 3 is 2.39 bits per heavy atom. The molecule has 0 atom stereocenters. The number of anilines is 2. The van der Waals surface area contributed by atoms with Gasteiger partial charge in [-0.1, -0.05) is 6.07 Å². The van der Waals surface area contributed by atoms with E-state index in [-0.39, 0.29) is 17.2 Å². The first-order valence-corrected chi connectivity index (χ1v) is 8.42. The molecule has 2 aromatic heterocycles. The van der Waals surface area contributed by atoms with Crippen molar-refractivity contribution in [3.05, 3.63) is 82.0 Å². The van der Waals surface area contributed by atoms with E-state index in [4.69, 9.17) is 0 Å². The summed E-state index contributed by atoms with van der Waals surface area (Å²) in [6, 6.07) is 9.05. The first-order chi connectivity index (χ1) is 13.4. The Labute approximate surface area is 157 Å². The molecule has 4 aromatic rings. The van der Waals surface area contributed by atoms with E-state index in [1.807, 2.05) is 0 Å². The van der Waals surface area contributed by atoms with Gasteiger partial charge in [0.2, 0.25) is 0 Å². The largest absolute Gasteiger partial charge is 0.354 e. The molecule has 0 fully saturated rings.